The minimum absolute atomic E-state index is 0.0435. The molecule has 0 bridgehead atoms. The van der Waals surface area contributed by atoms with Crippen molar-refractivity contribution >= 4 is 22.0 Å². The smallest absolute Gasteiger partial charge is 0.410 e. The van der Waals surface area contributed by atoms with Crippen LogP contribution in [0.5, 0.6) is 0 Å². The Morgan fingerprint density at radius 3 is 2.35 bits per heavy atom. The second-order valence-corrected chi connectivity index (χ2v) is 11.9. The van der Waals surface area contributed by atoms with Gasteiger partial charge in [0.05, 0.1) is 25.0 Å². The Morgan fingerprint density at radius 1 is 1.21 bits per heavy atom. The molecular formula is C23H32F2N2O6S. The van der Waals surface area contributed by atoms with E-state index in [4.69, 9.17) is 9.47 Å². The lowest BCUT2D eigenvalue weighted by molar-refractivity contribution is -0.0374. The van der Waals surface area contributed by atoms with Gasteiger partial charge in [0.15, 0.2) is 0 Å². The first-order chi connectivity index (χ1) is 15.7. The summed E-state index contributed by atoms with van der Waals surface area (Å²) >= 11 is 0. The lowest BCUT2D eigenvalue weighted by Gasteiger charge is -2.36. The molecule has 2 fully saturated rings. The highest BCUT2D eigenvalue weighted by Gasteiger charge is 2.38. The number of carbonyl (C=O) groups excluding carboxylic acids is 2. The van der Waals surface area contributed by atoms with Gasteiger partial charge in [-0.15, -0.1) is 0 Å². The topological polar surface area (TPSA) is 102 Å². The van der Waals surface area contributed by atoms with Crippen molar-refractivity contribution in [3.8, 4) is 0 Å². The van der Waals surface area contributed by atoms with Crippen LogP contribution in [0, 0.1) is 5.82 Å². The third kappa shape index (κ3) is 7.36. The number of rotatable bonds is 7. The predicted octanol–water partition coefficient (Wildman–Crippen LogP) is 3.65. The van der Waals surface area contributed by atoms with E-state index in [1.165, 1.54) is 11.0 Å². The van der Waals surface area contributed by atoms with Gasteiger partial charge in [-0.1, -0.05) is 0 Å². The fraction of sp³-hybridized carbons (Fsp3) is 0.652. The molecular weight excluding hydrogens is 470 g/mol. The summed E-state index contributed by atoms with van der Waals surface area (Å²) in [6.07, 6.45) is 2.26. The van der Waals surface area contributed by atoms with Crippen LogP contribution in [0.2, 0.25) is 0 Å². The molecule has 0 aromatic heterocycles. The van der Waals surface area contributed by atoms with Gasteiger partial charge in [-0.05, 0) is 62.8 Å². The number of nitrogens with zero attached hydrogens (tertiary/aromatic N) is 1. The van der Waals surface area contributed by atoms with E-state index in [9.17, 15) is 22.4 Å². The van der Waals surface area contributed by atoms with E-state index in [1.807, 2.05) is 0 Å². The molecule has 0 spiro atoms. The SMILES string of the molecule is CC(C)(C)OC(=O)N1CCC(F)(COCc2cc(F)c(C(=O)NS(C)(=O)=O)cc2C2CC2)CC1. The molecule has 0 atom stereocenters. The number of sulfonamides is 1. The summed E-state index contributed by atoms with van der Waals surface area (Å²) in [6.45, 7) is 5.47. The van der Waals surface area contributed by atoms with Crippen molar-refractivity contribution in [2.45, 2.75) is 70.2 Å². The summed E-state index contributed by atoms with van der Waals surface area (Å²) in [6, 6.07) is 2.51. The van der Waals surface area contributed by atoms with Crippen LogP contribution in [-0.4, -0.2) is 62.5 Å². The Hall–Kier alpha value is -2.27. The van der Waals surface area contributed by atoms with Crippen LogP contribution >= 0.6 is 0 Å². The highest BCUT2D eigenvalue weighted by Crippen LogP contribution is 2.42. The second-order valence-electron chi connectivity index (χ2n) is 10.1. The van der Waals surface area contributed by atoms with Crippen molar-refractivity contribution in [2.24, 2.45) is 0 Å². The molecule has 3 rings (SSSR count). The number of hydrogen-bond donors (Lipinski definition) is 1. The van der Waals surface area contributed by atoms with E-state index in [-0.39, 0.29) is 50.6 Å². The minimum atomic E-state index is -3.83. The highest BCUT2D eigenvalue weighted by atomic mass is 32.2. The summed E-state index contributed by atoms with van der Waals surface area (Å²) < 4.78 is 65.2. The van der Waals surface area contributed by atoms with Crippen molar-refractivity contribution in [2.75, 3.05) is 26.0 Å². The van der Waals surface area contributed by atoms with Crippen molar-refractivity contribution < 1.29 is 36.3 Å². The molecule has 1 N–H and O–H groups in total. The Morgan fingerprint density at radius 2 is 1.82 bits per heavy atom. The van der Waals surface area contributed by atoms with E-state index in [2.05, 4.69) is 0 Å². The Bertz CT molecular complexity index is 1040. The summed E-state index contributed by atoms with van der Waals surface area (Å²) in [5.41, 5.74) is -1.39. The van der Waals surface area contributed by atoms with Gasteiger partial charge in [-0.2, -0.15) is 0 Å². The largest absolute Gasteiger partial charge is 0.444 e. The zero-order chi connectivity index (χ0) is 25.3. The van der Waals surface area contributed by atoms with Crippen LogP contribution in [0.3, 0.4) is 0 Å². The van der Waals surface area contributed by atoms with Crippen molar-refractivity contribution in [3.05, 3.63) is 34.6 Å². The molecule has 1 aliphatic heterocycles. The zero-order valence-electron chi connectivity index (χ0n) is 19.9. The molecule has 1 aromatic rings. The van der Waals surface area contributed by atoms with Gasteiger partial charge in [0.1, 0.15) is 17.1 Å². The number of piperidine rings is 1. The first-order valence-corrected chi connectivity index (χ1v) is 13.1. The van der Waals surface area contributed by atoms with Crippen LogP contribution in [0.15, 0.2) is 12.1 Å². The molecule has 2 aliphatic rings. The van der Waals surface area contributed by atoms with Gasteiger partial charge in [-0.25, -0.2) is 26.7 Å². The molecule has 1 heterocycles. The molecule has 2 amide bonds. The molecule has 1 aromatic carbocycles. The normalized spacial score (nSPS) is 18.5. The number of nitrogens with one attached hydrogen (secondary N) is 1. The lowest BCUT2D eigenvalue weighted by atomic mass is 9.94. The lowest BCUT2D eigenvalue weighted by Crippen LogP contribution is -2.48. The van der Waals surface area contributed by atoms with Crippen molar-refractivity contribution in [3.63, 3.8) is 0 Å². The molecule has 0 unspecified atom stereocenters. The third-order valence-electron chi connectivity index (χ3n) is 5.70. The Kier molecular flexibility index (Phi) is 7.57. The maximum Gasteiger partial charge on any atom is 0.410 e. The third-order valence-corrected chi connectivity index (χ3v) is 6.25. The average molecular weight is 503 g/mol. The average Bonchev–Trinajstić information content (AvgIpc) is 3.51. The number of ether oxygens (including phenoxy) is 2. The molecule has 0 radical (unpaired) electrons. The molecule has 34 heavy (non-hydrogen) atoms. The van der Waals surface area contributed by atoms with Gasteiger partial charge < -0.3 is 14.4 Å². The number of alkyl halides is 1. The second kappa shape index (κ2) is 9.77. The van der Waals surface area contributed by atoms with Crippen LogP contribution in [0.25, 0.3) is 0 Å². The Labute approximate surface area is 199 Å². The van der Waals surface area contributed by atoms with Gasteiger partial charge >= 0.3 is 6.09 Å². The summed E-state index contributed by atoms with van der Waals surface area (Å²) in [5, 5.41) is 0. The molecule has 1 aliphatic carbocycles. The number of likely N-dealkylation sites (tertiary alicyclic amines) is 1. The summed E-state index contributed by atoms with van der Waals surface area (Å²) in [7, 11) is -3.83. The van der Waals surface area contributed by atoms with Gasteiger partial charge in [-0.3, -0.25) is 4.79 Å². The predicted molar refractivity (Wildman–Crippen MR) is 121 cm³/mol. The van der Waals surface area contributed by atoms with E-state index in [0.717, 1.165) is 25.2 Å². The summed E-state index contributed by atoms with van der Waals surface area (Å²) in [5.74, 6) is -1.78. The van der Waals surface area contributed by atoms with Crippen LogP contribution in [0.4, 0.5) is 13.6 Å². The van der Waals surface area contributed by atoms with Crippen molar-refractivity contribution in [1.29, 1.82) is 0 Å². The van der Waals surface area contributed by atoms with Crippen LogP contribution in [-0.2, 0) is 26.1 Å². The standard InChI is InChI=1S/C23H32F2N2O6S/c1-22(2,3)33-21(29)27-9-7-23(25,8-10-27)14-32-13-16-11-19(24)18(12-17(16)15-5-6-15)20(28)26-34(4,30)31/h11-12,15H,5-10,13-14H2,1-4H3,(H,26,28). The van der Waals surface area contributed by atoms with Crippen molar-refractivity contribution in [1.82, 2.24) is 9.62 Å². The van der Waals surface area contributed by atoms with Crippen LogP contribution < -0.4 is 4.72 Å². The number of halogens is 2. The monoisotopic (exact) mass is 502 g/mol. The Balaban J connectivity index is 1.60. The zero-order valence-corrected chi connectivity index (χ0v) is 20.8. The number of amides is 2. The van der Waals surface area contributed by atoms with E-state index in [0.29, 0.717) is 11.1 Å². The molecule has 190 valence electrons. The first-order valence-electron chi connectivity index (χ1n) is 11.2. The number of hydrogen-bond acceptors (Lipinski definition) is 6. The fourth-order valence-corrected chi connectivity index (χ4v) is 4.28. The molecule has 1 saturated heterocycles. The van der Waals surface area contributed by atoms with Gasteiger partial charge in [0, 0.05) is 25.9 Å². The van der Waals surface area contributed by atoms with Gasteiger partial charge in [0.2, 0.25) is 10.0 Å². The quantitative estimate of drug-likeness (QED) is 0.611. The number of benzene rings is 1. The van der Waals surface area contributed by atoms with E-state index in [1.54, 1.807) is 25.5 Å². The van der Waals surface area contributed by atoms with E-state index >= 15 is 4.39 Å². The maximum absolute atomic E-state index is 15.2. The first kappa shape index (κ1) is 26.3. The summed E-state index contributed by atoms with van der Waals surface area (Å²) in [4.78, 5) is 25.8. The molecule has 1 saturated carbocycles. The fourth-order valence-electron chi connectivity index (χ4n) is 3.83. The van der Waals surface area contributed by atoms with Crippen LogP contribution in [0.1, 0.15) is 73.9 Å². The maximum atomic E-state index is 15.2. The highest BCUT2D eigenvalue weighted by molar-refractivity contribution is 7.89. The number of carbonyl (C=O) groups is 2. The van der Waals surface area contributed by atoms with Gasteiger partial charge in [0.25, 0.3) is 5.91 Å². The molecule has 11 heteroatoms. The van der Waals surface area contributed by atoms with E-state index < -0.39 is 39.1 Å². The minimum Gasteiger partial charge on any atom is -0.444 e. The molecule has 8 nitrogen and oxygen atoms in total.